The molecule has 0 saturated carbocycles. The van der Waals surface area contributed by atoms with Gasteiger partial charge in [-0.3, -0.25) is 9.88 Å². The van der Waals surface area contributed by atoms with Crippen molar-refractivity contribution in [3.05, 3.63) is 72.7 Å². The molecule has 8 nitrogen and oxygen atoms in total. The molecule has 166 valence electrons. The van der Waals surface area contributed by atoms with Crippen molar-refractivity contribution in [1.82, 2.24) is 24.5 Å². The molecule has 0 unspecified atom stereocenters. The van der Waals surface area contributed by atoms with Crippen molar-refractivity contribution in [2.45, 2.75) is 6.42 Å². The summed E-state index contributed by atoms with van der Waals surface area (Å²) in [6.07, 6.45) is 6.21. The lowest BCUT2D eigenvalue weighted by Crippen LogP contribution is -2.47. The third kappa shape index (κ3) is 4.49. The summed E-state index contributed by atoms with van der Waals surface area (Å²) in [5.74, 6) is 1.62. The number of para-hydroxylation sites is 1. The van der Waals surface area contributed by atoms with Crippen molar-refractivity contribution >= 4 is 11.5 Å². The zero-order valence-electron chi connectivity index (χ0n) is 18.3. The van der Waals surface area contributed by atoms with Crippen molar-refractivity contribution in [2.75, 3.05) is 44.2 Å². The van der Waals surface area contributed by atoms with Crippen LogP contribution in [-0.2, 0) is 0 Å². The zero-order chi connectivity index (χ0) is 22.5. The van der Waals surface area contributed by atoms with Crippen LogP contribution in [0.5, 0.6) is 5.75 Å². The topological polar surface area (TPSA) is 82.6 Å². The van der Waals surface area contributed by atoms with Crippen LogP contribution in [0.2, 0.25) is 0 Å². The SMILES string of the molecule is N#Cc1c(N2CCN(CCCOc3ccccc3)CC2)nn2c(-c3ccncc3)ccnc12. The zero-order valence-corrected chi connectivity index (χ0v) is 18.3. The van der Waals surface area contributed by atoms with Crippen LogP contribution >= 0.6 is 0 Å². The molecule has 4 aromatic rings. The van der Waals surface area contributed by atoms with Gasteiger partial charge < -0.3 is 9.64 Å². The van der Waals surface area contributed by atoms with E-state index in [2.05, 4.69) is 25.8 Å². The lowest BCUT2D eigenvalue weighted by molar-refractivity contribution is 0.224. The van der Waals surface area contributed by atoms with Crippen LogP contribution in [-0.4, -0.2) is 63.8 Å². The summed E-state index contributed by atoms with van der Waals surface area (Å²) in [6, 6.07) is 18.0. The molecule has 1 aliphatic heterocycles. The first kappa shape index (κ1) is 20.9. The minimum absolute atomic E-state index is 0.524. The first-order chi connectivity index (χ1) is 16.3. The Hall–Kier alpha value is -3.96. The first-order valence-corrected chi connectivity index (χ1v) is 11.2. The van der Waals surface area contributed by atoms with Crippen LogP contribution in [0.25, 0.3) is 16.9 Å². The average Bonchev–Trinajstić information content (AvgIpc) is 3.27. The summed E-state index contributed by atoms with van der Waals surface area (Å²) < 4.78 is 7.58. The molecule has 33 heavy (non-hydrogen) atoms. The molecule has 1 fully saturated rings. The lowest BCUT2D eigenvalue weighted by atomic mass is 10.2. The van der Waals surface area contributed by atoms with Crippen molar-refractivity contribution in [1.29, 1.82) is 5.26 Å². The highest BCUT2D eigenvalue weighted by Gasteiger charge is 2.24. The van der Waals surface area contributed by atoms with Crippen molar-refractivity contribution in [2.24, 2.45) is 0 Å². The Labute approximate surface area is 192 Å². The Morgan fingerprint density at radius 2 is 1.73 bits per heavy atom. The highest BCUT2D eigenvalue weighted by Crippen LogP contribution is 2.27. The molecule has 3 aromatic heterocycles. The molecular weight excluding hydrogens is 414 g/mol. The van der Waals surface area contributed by atoms with E-state index >= 15 is 0 Å². The Morgan fingerprint density at radius 1 is 0.939 bits per heavy atom. The second kappa shape index (κ2) is 9.67. The molecule has 0 bridgehead atoms. The number of benzene rings is 1. The van der Waals surface area contributed by atoms with Crippen LogP contribution in [0.15, 0.2) is 67.1 Å². The third-order valence-corrected chi connectivity index (χ3v) is 5.89. The van der Waals surface area contributed by atoms with Gasteiger partial charge in [-0.2, -0.15) is 5.26 Å². The van der Waals surface area contributed by atoms with Gasteiger partial charge in [0.15, 0.2) is 11.5 Å². The van der Waals surface area contributed by atoms with E-state index in [9.17, 15) is 5.26 Å². The van der Waals surface area contributed by atoms with E-state index in [0.717, 1.165) is 56.2 Å². The van der Waals surface area contributed by atoms with Crippen LogP contribution in [0, 0.1) is 11.3 Å². The number of hydrogen-bond acceptors (Lipinski definition) is 7. The number of nitriles is 1. The monoisotopic (exact) mass is 439 g/mol. The fourth-order valence-electron chi connectivity index (χ4n) is 4.17. The highest BCUT2D eigenvalue weighted by molar-refractivity contribution is 5.72. The van der Waals surface area contributed by atoms with Gasteiger partial charge in [0, 0.05) is 56.9 Å². The van der Waals surface area contributed by atoms with Gasteiger partial charge in [-0.1, -0.05) is 18.2 Å². The number of piperazine rings is 1. The maximum absolute atomic E-state index is 9.88. The molecule has 0 atom stereocenters. The number of hydrogen-bond donors (Lipinski definition) is 0. The van der Waals surface area contributed by atoms with Gasteiger partial charge in [-0.15, -0.1) is 5.10 Å². The number of fused-ring (bicyclic) bond motifs is 1. The van der Waals surface area contributed by atoms with E-state index in [4.69, 9.17) is 9.84 Å². The summed E-state index contributed by atoms with van der Waals surface area (Å²) in [6.45, 7) is 5.19. The van der Waals surface area contributed by atoms with Gasteiger partial charge in [0.1, 0.15) is 17.4 Å². The van der Waals surface area contributed by atoms with Crippen LogP contribution in [0.4, 0.5) is 5.82 Å². The van der Waals surface area contributed by atoms with E-state index in [-0.39, 0.29) is 0 Å². The molecule has 4 heterocycles. The molecule has 0 spiro atoms. The maximum Gasteiger partial charge on any atom is 0.175 e. The summed E-state index contributed by atoms with van der Waals surface area (Å²) in [5, 5.41) is 14.7. The number of anilines is 1. The van der Waals surface area contributed by atoms with Gasteiger partial charge in [-0.25, -0.2) is 9.50 Å². The minimum atomic E-state index is 0.524. The number of aromatic nitrogens is 4. The summed E-state index contributed by atoms with van der Waals surface area (Å²) in [4.78, 5) is 13.2. The minimum Gasteiger partial charge on any atom is -0.494 e. The van der Waals surface area contributed by atoms with Crippen molar-refractivity contribution in [3.63, 3.8) is 0 Å². The number of pyridine rings is 1. The molecule has 5 rings (SSSR count). The Morgan fingerprint density at radius 3 is 2.48 bits per heavy atom. The Kier molecular flexibility index (Phi) is 6.13. The van der Waals surface area contributed by atoms with E-state index < -0.39 is 0 Å². The molecule has 0 amide bonds. The number of rotatable bonds is 7. The van der Waals surface area contributed by atoms with Gasteiger partial charge in [0.2, 0.25) is 0 Å². The van der Waals surface area contributed by atoms with Gasteiger partial charge in [-0.05, 0) is 36.8 Å². The van der Waals surface area contributed by atoms with E-state index in [0.29, 0.717) is 23.6 Å². The highest BCUT2D eigenvalue weighted by atomic mass is 16.5. The van der Waals surface area contributed by atoms with E-state index in [1.807, 2.05) is 48.5 Å². The molecule has 1 saturated heterocycles. The van der Waals surface area contributed by atoms with Gasteiger partial charge in [0.25, 0.3) is 0 Å². The first-order valence-electron chi connectivity index (χ1n) is 11.2. The summed E-state index contributed by atoms with van der Waals surface area (Å²) in [5.41, 5.74) is 2.98. The van der Waals surface area contributed by atoms with Crippen LogP contribution < -0.4 is 9.64 Å². The van der Waals surface area contributed by atoms with Gasteiger partial charge >= 0.3 is 0 Å². The smallest absolute Gasteiger partial charge is 0.175 e. The largest absolute Gasteiger partial charge is 0.494 e. The predicted molar refractivity (Wildman–Crippen MR) is 126 cm³/mol. The van der Waals surface area contributed by atoms with Crippen molar-refractivity contribution < 1.29 is 4.74 Å². The fraction of sp³-hybridized carbons (Fsp3) is 0.280. The normalized spacial score (nSPS) is 14.3. The summed E-state index contributed by atoms with van der Waals surface area (Å²) in [7, 11) is 0. The molecule has 8 heteroatoms. The molecular formula is C25H25N7O. The Bertz CT molecular complexity index is 1240. The van der Waals surface area contributed by atoms with Gasteiger partial charge in [0.05, 0.1) is 12.3 Å². The molecule has 0 radical (unpaired) electrons. The number of ether oxygens (including phenoxy) is 1. The standard InChI is InChI=1S/C25H25N7O/c26-19-22-24-28-12-9-23(20-7-10-27-11-8-20)32(24)29-25(22)31-16-14-30(15-17-31)13-4-18-33-21-5-2-1-3-6-21/h1-3,5-12H,4,13-18H2. The molecule has 0 aliphatic carbocycles. The predicted octanol–water partition coefficient (Wildman–Crippen LogP) is 3.25. The third-order valence-electron chi connectivity index (χ3n) is 5.89. The molecule has 0 N–H and O–H groups in total. The lowest BCUT2D eigenvalue weighted by Gasteiger charge is -2.34. The Balaban J connectivity index is 1.24. The van der Waals surface area contributed by atoms with Crippen LogP contribution in [0.3, 0.4) is 0 Å². The molecule has 1 aromatic carbocycles. The quantitative estimate of drug-likeness (QED) is 0.409. The van der Waals surface area contributed by atoms with E-state index in [1.165, 1.54) is 0 Å². The average molecular weight is 440 g/mol. The number of nitrogens with zero attached hydrogens (tertiary/aromatic N) is 7. The van der Waals surface area contributed by atoms with Crippen LogP contribution in [0.1, 0.15) is 12.0 Å². The molecule has 1 aliphatic rings. The fourth-order valence-corrected chi connectivity index (χ4v) is 4.17. The maximum atomic E-state index is 9.88. The van der Waals surface area contributed by atoms with E-state index in [1.54, 1.807) is 23.1 Å². The summed E-state index contributed by atoms with van der Waals surface area (Å²) >= 11 is 0. The second-order valence-corrected chi connectivity index (χ2v) is 7.96. The van der Waals surface area contributed by atoms with Crippen molar-refractivity contribution in [3.8, 4) is 23.1 Å². The second-order valence-electron chi connectivity index (χ2n) is 7.96.